The Balaban J connectivity index is 1.99. The zero-order valence-corrected chi connectivity index (χ0v) is 12.8. The summed E-state index contributed by atoms with van der Waals surface area (Å²) in [5.41, 5.74) is 1.07. The summed E-state index contributed by atoms with van der Waals surface area (Å²) >= 11 is 0. The second-order valence-electron chi connectivity index (χ2n) is 7.57. The van der Waals surface area contributed by atoms with Crippen LogP contribution in [0.25, 0.3) is 0 Å². The lowest BCUT2D eigenvalue weighted by Crippen LogP contribution is -2.33. The third kappa shape index (κ3) is 1.86. The normalized spacial score (nSPS) is 46.6. The van der Waals surface area contributed by atoms with E-state index in [1.54, 1.807) is 0 Å². The van der Waals surface area contributed by atoms with E-state index >= 15 is 0 Å². The van der Waals surface area contributed by atoms with Crippen LogP contribution in [0.4, 0.5) is 0 Å². The van der Waals surface area contributed by atoms with E-state index in [0.717, 1.165) is 31.3 Å². The van der Waals surface area contributed by atoms with Crippen molar-refractivity contribution >= 4 is 5.97 Å². The number of hydrogen-bond donors (Lipinski definition) is 1. The fourth-order valence-electron chi connectivity index (χ4n) is 4.88. The van der Waals surface area contributed by atoms with Crippen LogP contribution in [-0.4, -0.2) is 23.3 Å². The molecule has 3 fully saturated rings. The third-order valence-corrected chi connectivity index (χ3v) is 6.18. The van der Waals surface area contributed by atoms with Crippen LogP contribution in [0.2, 0.25) is 0 Å². The fraction of sp³-hybridized carbons (Fsp3) is 0.824. The highest BCUT2D eigenvalue weighted by atomic mass is 16.6. The highest BCUT2D eigenvalue weighted by Gasteiger charge is 2.57. The number of aliphatic hydroxyl groups is 1. The van der Waals surface area contributed by atoms with Gasteiger partial charge in [0.15, 0.2) is 0 Å². The predicted octanol–water partition coefficient (Wildman–Crippen LogP) is 2.93. The molecule has 1 saturated heterocycles. The number of carbonyl (C=O) groups excluding carboxylic acids is 1. The molecule has 0 aromatic carbocycles. The van der Waals surface area contributed by atoms with Crippen LogP contribution >= 0.6 is 0 Å². The molecule has 0 unspecified atom stereocenters. The number of fused-ring (bicyclic) bond motifs is 3. The van der Waals surface area contributed by atoms with E-state index in [2.05, 4.69) is 27.4 Å². The van der Waals surface area contributed by atoms with E-state index in [9.17, 15) is 9.90 Å². The maximum Gasteiger partial charge on any atom is 0.309 e. The molecule has 1 aliphatic heterocycles. The van der Waals surface area contributed by atoms with Crippen molar-refractivity contribution in [2.24, 2.45) is 29.1 Å². The Morgan fingerprint density at radius 1 is 1.45 bits per heavy atom. The summed E-state index contributed by atoms with van der Waals surface area (Å²) in [7, 11) is 0. The molecule has 0 aromatic rings. The smallest absolute Gasteiger partial charge is 0.309 e. The van der Waals surface area contributed by atoms with Crippen LogP contribution < -0.4 is 0 Å². The molecule has 20 heavy (non-hydrogen) atoms. The minimum Gasteiger partial charge on any atom is -0.461 e. The number of aliphatic hydroxyl groups excluding tert-OH is 1. The summed E-state index contributed by atoms with van der Waals surface area (Å²) in [4.78, 5) is 12.1. The average Bonchev–Trinajstić information content (AvgIpc) is 2.82. The molecule has 0 aromatic heterocycles. The molecule has 1 heterocycles. The summed E-state index contributed by atoms with van der Waals surface area (Å²) in [6, 6.07) is 0. The number of ether oxygens (including phenoxy) is 1. The molecule has 0 amide bonds. The average molecular weight is 278 g/mol. The second kappa shape index (κ2) is 4.59. The summed E-state index contributed by atoms with van der Waals surface area (Å²) in [6.45, 7) is 10.8. The molecule has 0 spiro atoms. The zero-order valence-electron chi connectivity index (χ0n) is 12.8. The van der Waals surface area contributed by atoms with Gasteiger partial charge in [0.05, 0.1) is 12.0 Å². The minimum absolute atomic E-state index is 0.0323. The van der Waals surface area contributed by atoms with E-state index in [0.29, 0.717) is 11.8 Å². The Hall–Kier alpha value is -0.830. The maximum absolute atomic E-state index is 12.1. The van der Waals surface area contributed by atoms with Crippen LogP contribution in [-0.2, 0) is 9.53 Å². The first-order valence-corrected chi connectivity index (χ1v) is 7.94. The van der Waals surface area contributed by atoms with E-state index in [1.165, 1.54) is 0 Å². The van der Waals surface area contributed by atoms with Gasteiger partial charge in [-0.2, -0.15) is 0 Å². The van der Waals surface area contributed by atoms with Crippen LogP contribution in [0.15, 0.2) is 12.2 Å². The maximum atomic E-state index is 12.1. The Kier molecular flexibility index (Phi) is 3.24. The molecular formula is C17H26O3. The van der Waals surface area contributed by atoms with Crippen molar-refractivity contribution in [1.29, 1.82) is 0 Å². The van der Waals surface area contributed by atoms with Gasteiger partial charge in [-0.05, 0) is 42.6 Å². The molecule has 3 aliphatic rings. The van der Waals surface area contributed by atoms with Crippen LogP contribution in [0, 0.1) is 29.1 Å². The van der Waals surface area contributed by atoms with Gasteiger partial charge in [0, 0.05) is 11.8 Å². The second-order valence-corrected chi connectivity index (χ2v) is 7.57. The van der Waals surface area contributed by atoms with E-state index in [1.807, 2.05) is 0 Å². The lowest BCUT2D eigenvalue weighted by molar-refractivity contribution is -0.146. The van der Waals surface area contributed by atoms with E-state index < -0.39 is 6.10 Å². The van der Waals surface area contributed by atoms with Gasteiger partial charge >= 0.3 is 5.97 Å². The summed E-state index contributed by atoms with van der Waals surface area (Å²) in [5.74, 6) is 0.843. The lowest BCUT2D eigenvalue weighted by atomic mass is 9.71. The van der Waals surface area contributed by atoms with E-state index in [-0.39, 0.29) is 29.3 Å². The molecule has 0 bridgehead atoms. The first-order valence-electron chi connectivity index (χ1n) is 7.94. The predicted molar refractivity (Wildman–Crippen MR) is 76.9 cm³/mol. The standard InChI is InChI=1S/C17H26O3/c1-5-10-11-6-7-17(3,4)12-8-13(18)9(2)14(12)15(11)20-16(10)19/h10-15,18H,2,5-8H2,1,3-4H3/t10-,11-,12+,13-,14-,15-/m0/s1. The highest BCUT2D eigenvalue weighted by Crippen LogP contribution is 2.57. The molecule has 0 radical (unpaired) electrons. The van der Waals surface area contributed by atoms with Crippen LogP contribution in [0.3, 0.4) is 0 Å². The number of esters is 1. The van der Waals surface area contributed by atoms with Gasteiger partial charge in [0.1, 0.15) is 6.10 Å². The molecule has 3 nitrogen and oxygen atoms in total. The molecule has 3 rings (SSSR count). The molecule has 112 valence electrons. The van der Waals surface area contributed by atoms with Crippen molar-refractivity contribution in [2.75, 3.05) is 0 Å². The lowest BCUT2D eigenvalue weighted by Gasteiger charge is -2.34. The third-order valence-electron chi connectivity index (χ3n) is 6.18. The molecule has 3 heteroatoms. The Morgan fingerprint density at radius 2 is 2.15 bits per heavy atom. The van der Waals surface area contributed by atoms with Crippen molar-refractivity contribution in [3.05, 3.63) is 12.2 Å². The van der Waals surface area contributed by atoms with Gasteiger partial charge in [-0.15, -0.1) is 0 Å². The first-order chi connectivity index (χ1) is 9.36. The monoisotopic (exact) mass is 278 g/mol. The van der Waals surface area contributed by atoms with Crippen molar-refractivity contribution in [1.82, 2.24) is 0 Å². The molecule has 2 saturated carbocycles. The van der Waals surface area contributed by atoms with Crippen LogP contribution in [0.5, 0.6) is 0 Å². The molecule has 2 aliphatic carbocycles. The van der Waals surface area contributed by atoms with Gasteiger partial charge < -0.3 is 9.84 Å². The number of rotatable bonds is 1. The van der Waals surface area contributed by atoms with Crippen LogP contribution in [0.1, 0.15) is 46.5 Å². The topological polar surface area (TPSA) is 46.5 Å². The fourth-order valence-corrected chi connectivity index (χ4v) is 4.88. The van der Waals surface area contributed by atoms with Crippen molar-refractivity contribution in [2.45, 2.75) is 58.7 Å². The van der Waals surface area contributed by atoms with Gasteiger partial charge in [0.25, 0.3) is 0 Å². The number of carbonyl (C=O) groups is 1. The van der Waals surface area contributed by atoms with E-state index in [4.69, 9.17) is 4.74 Å². The van der Waals surface area contributed by atoms with Gasteiger partial charge in [-0.1, -0.05) is 27.4 Å². The molecular weight excluding hydrogens is 252 g/mol. The SMILES string of the molecule is C=C1[C@@H]2[C@H]3OC(=O)[C@@H](CC)[C@@H]3CCC(C)(C)[C@@H]2C[C@@H]1O. The van der Waals surface area contributed by atoms with Gasteiger partial charge in [-0.3, -0.25) is 4.79 Å². The highest BCUT2D eigenvalue weighted by molar-refractivity contribution is 5.75. The van der Waals surface area contributed by atoms with Crippen molar-refractivity contribution in [3.8, 4) is 0 Å². The number of hydrogen-bond acceptors (Lipinski definition) is 3. The minimum atomic E-state index is -0.428. The summed E-state index contributed by atoms with van der Waals surface area (Å²) in [5, 5.41) is 10.2. The zero-order chi connectivity index (χ0) is 14.7. The largest absolute Gasteiger partial charge is 0.461 e. The Labute approximate surface area is 121 Å². The van der Waals surface area contributed by atoms with Gasteiger partial charge in [0.2, 0.25) is 0 Å². The van der Waals surface area contributed by atoms with Crippen molar-refractivity contribution in [3.63, 3.8) is 0 Å². The Morgan fingerprint density at radius 3 is 2.80 bits per heavy atom. The molecule has 1 N–H and O–H groups in total. The van der Waals surface area contributed by atoms with Gasteiger partial charge in [-0.25, -0.2) is 0 Å². The summed E-state index contributed by atoms with van der Waals surface area (Å²) < 4.78 is 5.76. The quantitative estimate of drug-likeness (QED) is 0.592. The Bertz CT molecular complexity index is 440. The summed E-state index contributed by atoms with van der Waals surface area (Å²) in [6.07, 6.45) is 3.30. The first kappa shape index (κ1) is 14.1. The molecule has 6 atom stereocenters. The van der Waals surface area contributed by atoms with Crippen molar-refractivity contribution < 1.29 is 14.6 Å².